The molecule has 1 heterocycles. The molecular formula is C9H8O2S. The van der Waals surface area contributed by atoms with Gasteiger partial charge in [-0.1, -0.05) is 12.1 Å². The fraction of sp³-hybridized carbons (Fsp3) is 0.222. The van der Waals surface area contributed by atoms with Gasteiger partial charge < -0.3 is 4.55 Å². The van der Waals surface area contributed by atoms with Crippen molar-refractivity contribution in [3.05, 3.63) is 29.8 Å². The van der Waals surface area contributed by atoms with E-state index in [9.17, 15) is 9.35 Å². The Labute approximate surface area is 73.8 Å². The maximum atomic E-state index is 11.4. The predicted molar refractivity (Wildman–Crippen MR) is 46.7 cm³/mol. The highest BCUT2D eigenvalue weighted by Crippen LogP contribution is 2.23. The topological polar surface area (TPSA) is 40.1 Å². The zero-order valence-corrected chi connectivity index (χ0v) is 7.26. The van der Waals surface area contributed by atoms with E-state index in [1.54, 1.807) is 18.2 Å². The van der Waals surface area contributed by atoms with Gasteiger partial charge in [-0.05, 0) is 23.3 Å². The standard InChI is InChI=1S/C9H8O2S/c10-8-5-6-12(11)9-4-2-1-3-7(8)9/h1-4H,5-6H2. The molecule has 12 heavy (non-hydrogen) atoms. The molecule has 0 bridgehead atoms. The molecule has 2 rings (SSSR count). The van der Waals surface area contributed by atoms with E-state index in [4.69, 9.17) is 0 Å². The van der Waals surface area contributed by atoms with Gasteiger partial charge in [-0.15, -0.1) is 0 Å². The summed E-state index contributed by atoms with van der Waals surface area (Å²) in [5, 5.41) is 0. The van der Waals surface area contributed by atoms with E-state index in [0.717, 1.165) is 0 Å². The molecule has 0 saturated heterocycles. The lowest BCUT2D eigenvalue weighted by atomic mass is 10.1. The number of carbonyl (C=O) groups is 1. The quantitative estimate of drug-likeness (QED) is 0.566. The molecule has 0 aromatic heterocycles. The maximum Gasteiger partial charge on any atom is 0.172 e. The molecule has 2 nitrogen and oxygen atoms in total. The highest BCUT2D eigenvalue weighted by molar-refractivity contribution is 7.91. The molecule has 1 aromatic carbocycles. The lowest BCUT2D eigenvalue weighted by Crippen LogP contribution is -2.20. The Morgan fingerprint density at radius 2 is 2.08 bits per heavy atom. The van der Waals surface area contributed by atoms with Crippen molar-refractivity contribution in [2.45, 2.75) is 11.3 Å². The van der Waals surface area contributed by atoms with Crippen LogP contribution < -0.4 is 0 Å². The molecule has 1 aliphatic heterocycles. The van der Waals surface area contributed by atoms with Crippen LogP contribution in [0.15, 0.2) is 29.2 Å². The Bertz CT molecular complexity index is 322. The summed E-state index contributed by atoms with van der Waals surface area (Å²) in [6.07, 6.45) is 0.420. The number of hydrogen-bond acceptors (Lipinski definition) is 2. The van der Waals surface area contributed by atoms with Gasteiger partial charge in [-0.2, -0.15) is 0 Å². The number of hydrogen-bond donors (Lipinski definition) is 0. The Kier molecular flexibility index (Phi) is 1.90. The molecule has 1 atom stereocenters. The fourth-order valence-electron chi connectivity index (χ4n) is 1.33. The van der Waals surface area contributed by atoms with E-state index in [0.29, 0.717) is 22.6 Å². The van der Waals surface area contributed by atoms with E-state index in [2.05, 4.69) is 0 Å². The molecule has 0 spiro atoms. The Morgan fingerprint density at radius 1 is 1.33 bits per heavy atom. The first-order valence-corrected chi connectivity index (χ1v) is 5.11. The van der Waals surface area contributed by atoms with Gasteiger partial charge in [0.2, 0.25) is 0 Å². The van der Waals surface area contributed by atoms with Gasteiger partial charge in [0.1, 0.15) is 5.75 Å². The van der Waals surface area contributed by atoms with Crippen LogP contribution in [-0.2, 0) is 11.2 Å². The van der Waals surface area contributed by atoms with Gasteiger partial charge in [-0.25, -0.2) is 0 Å². The SMILES string of the molecule is O=C1CC[S+]([O-])c2ccccc21. The zero-order valence-electron chi connectivity index (χ0n) is 6.45. The highest BCUT2D eigenvalue weighted by atomic mass is 32.2. The molecule has 1 unspecified atom stereocenters. The largest absolute Gasteiger partial charge is 0.611 e. The first kappa shape index (κ1) is 7.83. The van der Waals surface area contributed by atoms with Gasteiger partial charge in [0, 0.05) is 0 Å². The van der Waals surface area contributed by atoms with Crippen LogP contribution in [0.25, 0.3) is 0 Å². The molecule has 1 aliphatic rings. The van der Waals surface area contributed by atoms with Crippen molar-refractivity contribution in [2.24, 2.45) is 0 Å². The zero-order chi connectivity index (χ0) is 8.55. The average molecular weight is 180 g/mol. The second kappa shape index (κ2) is 2.92. The van der Waals surface area contributed by atoms with Crippen molar-refractivity contribution in [1.29, 1.82) is 0 Å². The van der Waals surface area contributed by atoms with Crippen LogP contribution in [0.4, 0.5) is 0 Å². The Morgan fingerprint density at radius 3 is 2.83 bits per heavy atom. The van der Waals surface area contributed by atoms with Crippen molar-refractivity contribution in [1.82, 2.24) is 0 Å². The smallest absolute Gasteiger partial charge is 0.172 e. The summed E-state index contributed by atoms with van der Waals surface area (Å²) in [4.78, 5) is 12.0. The summed E-state index contributed by atoms with van der Waals surface area (Å²) in [7, 11) is 0. The van der Waals surface area contributed by atoms with Crippen molar-refractivity contribution in [3.63, 3.8) is 0 Å². The number of Topliss-reactive ketones (excluding diaryl/α,β-unsaturated/α-hetero) is 1. The fourth-order valence-corrected chi connectivity index (χ4v) is 2.57. The van der Waals surface area contributed by atoms with Crippen LogP contribution in [0.1, 0.15) is 16.8 Å². The Balaban J connectivity index is 2.55. The monoisotopic (exact) mass is 180 g/mol. The molecule has 0 amide bonds. The molecular weight excluding hydrogens is 172 g/mol. The molecule has 3 heteroatoms. The van der Waals surface area contributed by atoms with Gasteiger partial charge in [0.05, 0.1) is 12.0 Å². The summed E-state index contributed by atoms with van der Waals surface area (Å²) in [6.45, 7) is 0. The summed E-state index contributed by atoms with van der Waals surface area (Å²) < 4.78 is 11.4. The van der Waals surface area contributed by atoms with Gasteiger partial charge in [0.15, 0.2) is 10.7 Å². The number of rotatable bonds is 0. The van der Waals surface area contributed by atoms with E-state index in [1.807, 2.05) is 6.07 Å². The van der Waals surface area contributed by atoms with Crippen LogP contribution in [0.5, 0.6) is 0 Å². The molecule has 1 aromatic rings. The molecule has 0 N–H and O–H groups in total. The van der Waals surface area contributed by atoms with Crippen LogP contribution in [0, 0.1) is 0 Å². The predicted octanol–water partition coefficient (Wildman–Crippen LogP) is 1.38. The minimum atomic E-state index is -0.957. The number of fused-ring (bicyclic) bond motifs is 1. The van der Waals surface area contributed by atoms with E-state index < -0.39 is 11.2 Å². The van der Waals surface area contributed by atoms with Crippen molar-refractivity contribution in [2.75, 3.05) is 5.75 Å². The first-order chi connectivity index (χ1) is 5.79. The third kappa shape index (κ3) is 1.15. The normalized spacial score (nSPS) is 22.1. The van der Waals surface area contributed by atoms with Crippen molar-refractivity contribution in [3.8, 4) is 0 Å². The summed E-state index contributed by atoms with van der Waals surface area (Å²) in [6, 6.07) is 7.13. The van der Waals surface area contributed by atoms with E-state index in [1.165, 1.54) is 0 Å². The van der Waals surface area contributed by atoms with Gasteiger partial charge >= 0.3 is 0 Å². The number of carbonyl (C=O) groups excluding carboxylic acids is 1. The molecule has 62 valence electrons. The van der Waals surface area contributed by atoms with Crippen LogP contribution >= 0.6 is 0 Å². The third-order valence-corrected chi connectivity index (χ3v) is 3.37. The van der Waals surface area contributed by atoms with Crippen LogP contribution in [-0.4, -0.2) is 16.1 Å². The van der Waals surface area contributed by atoms with E-state index in [-0.39, 0.29) is 5.78 Å². The Hall–Kier alpha value is -0.800. The molecule has 0 saturated carbocycles. The second-order valence-electron chi connectivity index (χ2n) is 2.72. The van der Waals surface area contributed by atoms with Crippen molar-refractivity contribution >= 4 is 17.0 Å². The second-order valence-corrected chi connectivity index (χ2v) is 4.26. The number of benzene rings is 1. The summed E-state index contributed by atoms with van der Waals surface area (Å²) in [5.74, 6) is 0.598. The molecule has 0 fully saturated rings. The molecule has 0 radical (unpaired) electrons. The van der Waals surface area contributed by atoms with Crippen LogP contribution in [0.2, 0.25) is 0 Å². The lowest BCUT2D eigenvalue weighted by molar-refractivity contribution is 0.0983. The average Bonchev–Trinajstić information content (AvgIpc) is 2.12. The van der Waals surface area contributed by atoms with Gasteiger partial charge in [0.25, 0.3) is 0 Å². The summed E-state index contributed by atoms with van der Waals surface area (Å²) in [5.41, 5.74) is 0.641. The highest BCUT2D eigenvalue weighted by Gasteiger charge is 2.26. The summed E-state index contributed by atoms with van der Waals surface area (Å²) >= 11 is -0.957. The minimum Gasteiger partial charge on any atom is -0.611 e. The molecule has 0 aliphatic carbocycles. The van der Waals surface area contributed by atoms with E-state index >= 15 is 0 Å². The third-order valence-electron chi connectivity index (χ3n) is 1.95. The van der Waals surface area contributed by atoms with Crippen molar-refractivity contribution < 1.29 is 9.35 Å². The number of ketones is 1. The lowest BCUT2D eigenvalue weighted by Gasteiger charge is -2.17. The first-order valence-electron chi connectivity index (χ1n) is 3.79. The van der Waals surface area contributed by atoms with Gasteiger partial charge in [-0.3, -0.25) is 4.79 Å². The maximum absolute atomic E-state index is 11.4. The van der Waals surface area contributed by atoms with Crippen LogP contribution in [0.3, 0.4) is 0 Å². The minimum absolute atomic E-state index is 0.116.